The maximum absolute atomic E-state index is 13.2. The van der Waals surface area contributed by atoms with Crippen molar-refractivity contribution < 1.29 is 114 Å². The maximum atomic E-state index is 13.2. The number of carbonyl (C=O) groups is 8. The van der Waals surface area contributed by atoms with Crippen LogP contribution in [0.15, 0.2) is 133 Å². The van der Waals surface area contributed by atoms with Crippen LogP contribution < -0.4 is 0 Å². The van der Waals surface area contributed by atoms with E-state index in [1.54, 1.807) is 67.1 Å². The van der Waals surface area contributed by atoms with E-state index in [1.165, 1.54) is 62.2 Å². The number of aryl methyl sites for hydroxylation is 5. The first-order chi connectivity index (χ1) is 62.1. The molecule has 9 heterocycles. The van der Waals surface area contributed by atoms with Crippen LogP contribution in [0.5, 0.6) is 0 Å². The van der Waals surface area contributed by atoms with Gasteiger partial charge < -0.3 is 67.2 Å². The molecule has 30 nitrogen and oxygen atoms in total. The summed E-state index contributed by atoms with van der Waals surface area (Å²) in [6.45, 7) is 43.6. The van der Waals surface area contributed by atoms with E-state index < -0.39 is 78.3 Å². The summed E-state index contributed by atoms with van der Waals surface area (Å²) in [7, 11) is 4.02. The van der Waals surface area contributed by atoms with Gasteiger partial charge in [0.15, 0.2) is 44.8 Å². The van der Waals surface area contributed by atoms with Gasteiger partial charge in [-0.2, -0.15) is 0 Å². The zero-order valence-electron chi connectivity index (χ0n) is 76.6. The van der Waals surface area contributed by atoms with E-state index in [-0.39, 0.29) is 65.1 Å². The summed E-state index contributed by atoms with van der Waals surface area (Å²) < 4.78 is 69.3. The molecule has 42 heteroatoms. The molecule has 13 rings (SSSR count). The topological polar surface area (TPSA) is 408 Å². The number of ketones is 2. The number of nitrogens with zero attached hydrogens (tertiary/aromatic N) is 8. The Labute approximate surface area is 801 Å². The number of aliphatic hydroxyl groups is 2. The number of hydrogen-bond donors (Lipinski definition) is 4. The van der Waals surface area contributed by atoms with Crippen LogP contribution in [0, 0.1) is 34.6 Å². The van der Waals surface area contributed by atoms with Crippen molar-refractivity contribution in [3.8, 4) is 0 Å². The Hall–Kier alpha value is -9.15. The fourth-order valence-corrected chi connectivity index (χ4v) is 17.8. The fraction of sp³-hybridized carbons (Fsp3) is 0.382. The van der Waals surface area contributed by atoms with Crippen LogP contribution in [0.2, 0.25) is 77.1 Å². The van der Waals surface area contributed by atoms with Gasteiger partial charge in [0.05, 0.1) is 65.1 Å². The van der Waals surface area contributed by atoms with Crippen molar-refractivity contribution >= 4 is 203 Å². The molecular weight excluding hydrogens is 1930 g/mol. The first kappa shape index (κ1) is 112. The van der Waals surface area contributed by atoms with Crippen LogP contribution in [0.3, 0.4) is 0 Å². The molecule has 0 aliphatic carbocycles. The summed E-state index contributed by atoms with van der Waals surface area (Å²) in [6.07, 6.45) is 7.26. The van der Waals surface area contributed by atoms with Gasteiger partial charge in [-0.05, 0) is 112 Å². The van der Waals surface area contributed by atoms with Gasteiger partial charge in [-0.3, -0.25) is 14.4 Å². The van der Waals surface area contributed by atoms with Crippen LogP contribution in [-0.2, 0) is 85.1 Å². The van der Waals surface area contributed by atoms with Crippen molar-refractivity contribution in [2.75, 3.05) is 52.9 Å². The Kier molecular flexibility index (Phi) is 48.1. The second-order valence-corrected chi connectivity index (χ2v) is 57.1. The number of hydrogen-bond acceptors (Lipinski definition) is 30. The van der Waals surface area contributed by atoms with Gasteiger partial charge in [0.25, 0.3) is 0 Å². The van der Waals surface area contributed by atoms with E-state index in [0.717, 1.165) is 107 Å². The second kappa shape index (κ2) is 56.1. The van der Waals surface area contributed by atoms with Gasteiger partial charge in [-0.1, -0.05) is 132 Å². The van der Waals surface area contributed by atoms with E-state index in [2.05, 4.69) is 110 Å². The molecule has 709 valence electrons. The quantitative estimate of drug-likeness (QED) is 0.00596. The number of thiazole rings is 5. The Morgan fingerprint density at radius 3 is 1.25 bits per heavy atom. The normalized spacial score (nSPS) is 11.2. The van der Waals surface area contributed by atoms with Crippen LogP contribution in [-0.4, -0.2) is 188 Å². The number of ether oxygens (including phenoxy) is 7. The number of aromatic amines is 1. The number of esters is 4. The molecule has 9 aromatic heterocycles. The van der Waals surface area contributed by atoms with E-state index in [9.17, 15) is 43.5 Å². The second-order valence-electron chi connectivity index (χ2n) is 31.7. The number of benzene rings is 4. The third-order valence-corrected chi connectivity index (χ3v) is 27.8. The number of aromatic nitrogens is 9. The van der Waals surface area contributed by atoms with Crippen molar-refractivity contribution in [2.24, 2.45) is 0 Å². The van der Waals surface area contributed by atoms with Crippen molar-refractivity contribution in [2.45, 2.75) is 173 Å². The zero-order chi connectivity index (χ0) is 97.5. The number of nitrogens with one attached hydrogen (secondary N) is 1. The fourth-order valence-electron chi connectivity index (χ4n) is 11.8. The minimum absolute atomic E-state index is 0.167. The molecule has 1 atom stereocenters. The molecule has 0 spiro atoms. The van der Waals surface area contributed by atoms with E-state index >= 15 is 0 Å². The average Bonchev–Trinajstić information content (AvgIpc) is 1.63. The monoisotopic (exact) mass is 2040 g/mol. The van der Waals surface area contributed by atoms with Gasteiger partial charge in [0.1, 0.15) is 31.3 Å². The van der Waals surface area contributed by atoms with Crippen LogP contribution in [0.1, 0.15) is 169 Å². The van der Waals surface area contributed by atoms with Crippen molar-refractivity contribution in [1.82, 2.24) is 43.6 Å². The number of carbonyl (C=O) groups excluding carboxylic acids is 7. The predicted octanol–water partition coefficient (Wildman–Crippen LogP) is 20.8. The third-order valence-electron chi connectivity index (χ3n) is 18.2. The molecule has 0 saturated carbocycles. The minimum atomic E-state index is -1.67. The van der Waals surface area contributed by atoms with Crippen molar-refractivity contribution in [1.29, 1.82) is 0 Å². The summed E-state index contributed by atoms with van der Waals surface area (Å²) in [6, 6.07) is 34.5. The molecule has 1 unspecified atom stereocenters. The SMILES string of the molecule is CCO.CCOC(=O)c1nc(C(=O)c2c[nH]c3ccccc23)sc1C.CCOC(=O)c1nc(C(=O)c2cn(COCC[Si](C)(C)C)c3ccccc23)sc1C.CCOC(=O)c1nc(C(O)c2cn(COCC[Si](C)(C)C)c3ccccc23)sc1C.CCOC(=O)c1ncsc1C.C[Si](C)(C)CCOCn1cc(C=O)c2ccccc21.Cc1scnc1C(=O)O.O=S(Cl)Cl.[O]=[Mn]=[O]. The number of halogens is 2. The molecule has 0 aliphatic heterocycles. The number of fused-ring (bicyclic) bond motifs is 4. The number of carboxylic acid groups (broad SMARTS) is 1. The summed E-state index contributed by atoms with van der Waals surface area (Å²) >= 11 is 5.09. The van der Waals surface area contributed by atoms with E-state index in [4.69, 9.17) is 55.2 Å². The standard InChI is InChI=1S/C22H30N2O4SSi.C22H28N2O4SSi.C16H14N2O3S.C15H21NO2Si.C7H9NO2S.C5H5NO2S.C2H6O.Cl2OS.Mn.2O/c2*1-6-28-22(26)19-15(2)29-21(23-19)20(25)17-13-24(14-27-11-12-30(3,4)5)18-10-8-7-9-16(17)18;1-3-21-16(20)13-9(2)22-15(18-13)14(19)11-8-17-12-7-5-4-6-10(11)12;1-19(2,3)9-8-18-12-16-10-13(11-17)14-6-4-5-7-15(14)16;1-3-10-7(9)6-5(2)11-4-8-6;1-3-4(5(7)8)6-2-9-3;1-2-3;1-4(2)3;;;/h7-10,13,20,25H,6,11-12,14H2,1-5H3;7-10,13H,6,11-12,14H2,1-5H3;4-8,17H,3H2,1-2H3;4-7,10-11H,8-9,12H2,1-3H3;4H,3H2,1-2H3;2H,1H3,(H,7,8);3H,2H2,1H3;;;;. The molecule has 13 aromatic rings. The molecule has 0 saturated heterocycles. The number of aromatic carboxylic acids is 1. The Bertz CT molecular complexity index is 5970. The van der Waals surface area contributed by atoms with Crippen LogP contribution in [0.4, 0.5) is 0 Å². The van der Waals surface area contributed by atoms with E-state index in [1.807, 2.05) is 143 Å². The van der Waals surface area contributed by atoms with Crippen molar-refractivity contribution in [3.63, 3.8) is 0 Å². The average molecular weight is 2050 g/mol. The summed E-state index contributed by atoms with van der Waals surface area (Å²) in [5.74, 6) is -3.11. The number of para-hydroxylation sites is 4. The molecule has 4 aromatic carbocycles. The van der Waals surface area contributed by atoms with Crippen LogP contribution >= 0.6 is 78.0 Å². The number of carboxylic acids is 1. The molecule has 4 N–H and O–H groups in total. The van der Waals surface area contributed by atoms with Crippen LogP contribution in [0.25, 0.3) is 43.6 Å². The Morgan fingerprint density at radius 2 is 0.847 bits per heavy atom. The molecule has 0 radical (unpaired) electrons. The number of H-pyrrole nitrogens is 1. The predicted molar refractivity (Wildman–Crippen MR) is 522 cm³/mol. The zero-order valence-corrected chi connectivity index (χ0v) is 87.2. The first-order valence-corrected chi connectivity index (χ1v) is 60.3. The Morgan fingerprint density at radius 1 is 0.496 bits per heavy atom. The molecule has 0 amide bonds. The Balaban J connectivity index is 0.000000282. The van der Waals surface area contributed by atoms with Gasteiger partial charge in [0.2, 0.25) is 20.8 Å². The van der Waals surface area contributed by atoms with Gasteiger partial charge in [0, 0.05) is 159 Å². The number of aliphatic hydroxyl groups excluding tert-OH is 2. The summed E-state index contributed by atoms with van der Waals surface area (Å²) in [5, 5.41) is 31.8. The van der Waals surface area contributed by atoms with Crippen molar-refractivity contribution in [3.05, 3.63) is 223 Å². The number of rotatable bonds is 31. The molecule has 0 fully saturated rings. The number of aldehydes is 1. The molecule has 0 bridgehead atoms. The molecular formula is C89H113Cl2MnN9O21S6Si3. The van der Waals surface area contributed by atoms with E-state index in [0.29, 0.717) is 76.6 Å². The van der Waals surface area contributed by atoms with Gasteiger partial charge in [-0.25, -0.2) is 53.1 Å². The molecule has 131 heavy (non-hydrogen) atoms. The molecule has 0 aliphatic rings. The van der Waals surface area contributed by atoms with Gasteiger partial charge >= 0.3 is 52.3 Å². The van der Waals surface area contributed by atoms with Gasteiger partial charge in [-0.15, -0.1) is 56.7 Å². The summed E-state index contributed by atoms with van der Waals surface area (Å²) in [4.78, 5) is 121. The third kappa shape index (κ3) is 36.0. The summed E-state index contributed by atoms with van der Waals surface area (Å²) in [5.41, 5.74) is 11.0. The first-order valence-electron chi connectivity index (χ1n) is 41.2.